The van der Waals surface area contributed by atoms with E-state index in [1.807, 2.05) is 11.8 Å². The summed E-state index contributed by atoms with van der Waals surface area (Å²) in [5, 5.41) is 6.66. The molecule has 18 heavy (non-hydrogen) atoms. The first kappa shape index (κ1) is 14.2. The van der Waals surface area contributed by atoms with Gasteiger partial charge in [0.15, 0.2) is 0 Å². The number of hydrogen-bond donors (Lipinski definition) is 2. The maximum absolute atomic E-state index is 12.0. The molecule has 1 aliphatic heterocycles. The summed E-state index contributed by atoms with van der Waals surface area (Å²) in [6, 6.07) is 0.812. The van der Waals surface area contributed by atoms with Gasteiger partial charge in [-0.2, -0.15) is 11.8 Å². The van der Waals surface area contributed by atoms with Crippen molar-refractivity contribution in [2.24, 2.45) is 5.92 Å². The highest BCUT2D eigenvalue weighted by Gasteiger charge is 2.21. The topological polar surface area (TPSA) is 41.1 Å². The van der Waals surface area contributed by atoms with Gasteiger partial charge in [-0.25, -0.2) is 0 Å². The summed E-state index contributed by atoms with van der Waals surface area (Å²) >= 11 is 1.95. The maximum Gasteiger partial charge on any atom is 0.221 e. The minimum Gasteiger partial charge on any atom is -0.353 e. The van der Waals surface area contributed by atoms with E-state index >= 15 is 0 Å². The highest BCUT2D eigenvalue weighted by molar-refractivity contribution is 7.99. The monoisotopic (exact) mass is 270 g/mol. The van der Waals surface area contributed by atoms with E-state index in [1.54, 1.807) is 0 Å². The van der Waals surface area contributed by atoms with Gasteiger partial charge >= 0.3 is 0 Å². The van der Waals surface area contributed by atoms with Gasteiger partial charge in [-0.3, -0.25) is 4.79 Å². The molecular weight excluding hydrogens is 244 g/mol. The maximum atomic E-state index is 12.0. The van der Waals surface area contributed by atoms with Gasteiger partial charge in [-0.1, -0.05) is 19.8 Å². The van der Waals surface area contributed by atoms with E-state index in [2.05, 4.69) is 17.6 Å². The van der Waals surface area contributed by atoms with Crippen molar-refractivity contribution in [2.75, 3.05) is 18.1 Å². The molecule has 1 saturated heterocycles. The molecule has 104 valence electrons. The molecule has 4 heteroatoms. The van der Waals surface area contributed by atoms with Crippen molar-refractivity contribution in [3.05, 3.63) is 0 Å². The lowest BCUT2D eigenvalue weighted by molar-refractivity contribution is -0.122. The van der Waals surface area contributed by atoms with Crippen LogP contribution in [0.3, 0.4) is 0 Å². The summed E-state index contributed by atoms with van der Waals surface area (Å²) in [5.41, 5.74) is 0. The van der Waals surface area contributed by atoms with Gasteiger partial charge < -0.3 is 10.6 Å². The lowest BCUT2D eigenvalue weighted by Crippen LogP contribution is -2.43. The van der Waals surface area contributed by atoms with Crippen LogP contribution in [0.5, 0.6) is 0 Å². The Morgan fingerprint density at radius 3 is 3.00 bits per heavy atom. The smallest absolute Gasteiger partial charge is 0.221 e. The van der Waals surface area contributed by atoms with Crippen molar-refractivity contribution in [2.45, 2.75) is 57.5 Å². The van der Waals surface area contributed by atoms with Crippen molar-refractivity contribution in [1.82, 2.24) is 10.6 Å². The molecule has 2 aliphatic rings. The van der Waals surface area contributed by atoms with Crippen LogP contribution in [0.2, 0.25) is 0 Å². The van der Waals surface area contributed by atoms with E-state index in [-0.39, 0.29) is 5.91 Å². The van der Waals surface area contributed by atoms with E-state index in [1.165, 1.54) is 37.9 Å². The molecule has 0 aromatic rings. The largest absolute Gasteiger partial charge is 0.353 e. The first-order valence-electron chi connectivity index (χ1n) is 7.34. The first-order chi connectivity index (χ1) is 8.74. The number of carbonyl (C=O) groups is 1. The van der Waals surface area contributed by atoms with Crippen molar-refractivity contribution < 1.29 is 4.79 Å². The summed E-state index contributed by atoms with van der Waals surface area (Å²) in [6.07, 6.45) is 6.85. The fourth-order valence-corrected chi connectivity index (χ4v) is 3.84. The molecule has 0 bridgehead atoms. The average molecular weight is 270 g/mol. The van der Waals surface area contributed by atoms with Crippen LogP contribution in [0.15, 0.2) is 0 Å². The van der Waals surface area contributed by atoms with E-state index in [9.17, 15) is 4.79 Å². The zero-order valence-electron chi connectivity index (χ0n) is 11.4. The fraction of sp³-hybridized carbons (Fsp3) is 0.929. The van der Waals surface area contributed by atoms with Crippen LogP contribution in [0.1, 0.15) is 45.4 Å². The highest BCUT2D eigenvalue weighted by atomic mass is 32.2. The van der Waals surface area contributed by atoms with Gasteiger partial charge in [0.2, 0.25) is 5.91 Å². The molecule has 0 spiro atoms. The van der Waals surface area contributed by atoms with Gasteiger partial charge in [0, 0.05) is 36.6 Å². The molecule has 2 fully saturated rings. The molecule has 1 heterocycles. The molecular formula is C14H26N2OS. The van der Waals surface area contributed by atoms with Gasteiger partial charge in [-0.15, -0.1) is 0 Å². The van der Waals surface area contributed by atoms with Crippen molar-refractivity contribution >= 4 is 17.7 Å². The molecule has 0 aromatic carbocycles. The summed E-state index contributed by atoms with van der Waals surface area (Å²) in [5.74, 6) is 3.34. The molecule has 3 nitrogen and oxygen atoms in total. The Morgan fingerprint density at radius 1 is 1.33 bits per heavy atom. The lowest BCUT2D eigenvalue weighted by atomic mass is 10.0. The van der Waals surface area contributed by atoms with Crippen LogP contribution in [-0.4, -0.2) is 36.0 Å². The molecule has 2 rings (SSSR count). The van der Waals surface area contributed by atoms with Crippen LogP contribution in [0.25, 0.3) is 0 Å². The second-order valence-electron chi connectivity index (χ2n) is 5.81. The Bertz CT molecular complexity index is 267. The quantitative estimate of drug-likeness (QED) is 0.772. The van der Waals surface area contributed by atoms with Crippen LogP contribution in [0, 0.1) is 5.92 Å². The SMILES string of the molecule is CC1CCCC(NC(=O)CC2CSCCN2)CC1. The van der Waals surface area contributed by atoms with E-state index in [0.29, 0.717) is 18.5 Å². The third-order valence-electron chi connectivity index (χ3n) is 4.05. The van der Waals surface area contributed by atoms with E-state index in [0.717, 1.165) is 18.2 Å². The fourth-order valence-electron chi connectivity index (χ4n) is 2.89. The molecule has 0 aromatic heterocycles. The zero-order valence-corrected chi connectivity index (χ0v) is 12.2. The Balaban J connectivity index is 1.69. The lowest BCUT2D eigenvalue weighted by Gasteiger charge is -2.24. The third kappa shape index (κ3) is 4.81. The average Bonchev–Trinajstić information content (AvgIpc) is 2.56. The number of hydrogen-bond acceptors (Lipinski definition) is 3. The minimum absolute atomic E-state index is 0.245. The van der Waals surface area contributed by atoms with Crippen LogP contribution in [0.4, 0.5) is 0 Å². The van der Waals surface area contributed by atoms with Crippen molar-refractivity contribution in [1.29, 1.82) is 0 Å². The number of amides is 1. The number of nitrogens with one attached hydrogen (secondary N) is 2. The second kappa shape index (κ2) is 7.39. The summed E-state index contributed by atoms with van der Waals surface area (Å²) in [4.78, 5) is 12.0. The van der Waals surface area contributed by atoms with Crippen molar-refractivity contribution in [3.8, 4) is 0 Å². The molecule has 1 amide bonds. The molecule has 0 radical (unpaired) electrons. The summed E-state index contributed by atoms with van der Waals surface area (Å²) in [7, 11) is 0. The van der Waals surface area contributed by atoms with E-state index in [4.69, 9.17) is 0 Å². The number of thioether (sulfide) groups is 1. The number of rotatable bonds is 3. The number of carbonyl (C=O) groups excluding carboxylic acids is 1. The summed E-state index contributed by atoms with van der Waals surface area (Å²) in [6.45, 7) is 3.37. The minimum atomic E-state index is 0.245. The Morgan fingerprint density at radius 2 is 2.22 bits per heavy atom. The molecule has 2 N–H and O–H groups in total. The predicted octanol–water partition coefficient (Wildman–Crippen LogP) is 2.17. The van der Waals surface area contributed by atoms with Crippen LogP contribution < -0.4 is 10.6 Å². The molecule has 3 unspecified atom stereocenters. The first-order valence-corrected chi connectivity index (χ1v) is 8.50. The van der Waals surface area contributed by atoms with Crippen LogP contribution in [-0.2, 0) is 4.79 Å². The molecule has 3 atom stereocenters. The van der Waals surface area contributed by atoms with Gasteiger partial charge in [0.25, 0.3) is 0 Å². The standard InChI is InChI=1S/C14H26N2OS/c1-11-3-2-4-12(6-5-11)16-14(17)9-13-10-18-8-7-15-13/h11-13,15H,2-10H2,1H3,(H,16,17). The molecule has 1 aliphatic carbocycles. The Hall–Kier alpha value is -0.220. The highest BCUT2D eigenvalue weighted by Crippen LogP contribution is 2.22. The van der Waals surface area contributed by atoms with Gasteiger partial charge in [-0.05, 0) is 25.2 Å². The third-order valence-corrected chi connectivity index (χ3v) is 5.18. The Kier molecular flexibility index (Phi) is 5.83. The second-order valence-corrected chi connectivity index (χ2v) is 6.96. The van der Waals surface area contributed by atoms with Gasteiger partial charge in [0.05, 0.1) is 0 Å². The predicted molar refractivity (Wildman–Crippen MR) is 77.9 cm³/mol. The molecule has 1 saturated carbocycles. The van der Waals surface area contributed by atoms with Crippen LogP contribution >= 0.6 is 11.8 Å². The van der Waals surface area contributed by atoms with Gasteiger partial charge in [0.1, 0.15) is 0 Å². The van der Waals surface area contributed by atoms with Crippen molar-refractivity contribution in [3.63, 3.8) is 0 Å². The normalized spacial score (nSPS) is 33.7. The Labute approximate surface area is 115 Å². The zero-order chi connectivity index (χ0) is 12.8. The summed E-state index contributed by atoms with van der Waals surface area (Å²) < 4.78 is 0. The van der Waals surface area contributed by atoms with E-state index < -0.39 is 0 Å².